The maximum atomic E-state index is 5.56. The lowest BCUT2D eigenvalue weighted by Crippen LogP contribution is -2.00. The van der Waals surface area contributed by atoms with Crippen molar-refractivity contribution in [3.63, 3.8) is 0 Å². The maximum Gasteiger partial charge on any atom is 0.119 e. The first-order valence-corrected chi connectivity index (χ1v) is 5.44. The van der Waals surface area contributed by atoms with E-state index < -0.39 is 0 Å². The van der Waals surface area contributed by atoms with Crippen molar-refractivity contribution in [3.8, 4) is 5.75 Å². The van der Waals surface area contributed by atoms with Crippen LogP contribution in [0, 0.1) is 3.57 Å². The molecule has 0 unspecified atom stereocenters. The second kappa shape index (κ2) is 5.50. The van der Waals surface area contributed by atoms with Crippen LogP contribution in [0.5, 0.6) is 5.75 Å². The van der Waals surface area contributed by atoms with E-state index in [4.69, 9.17) is 16.3 Å². The topological polar surface area (TPSA) is 9.23 Å². The highest BCUT2D eigenvalue weighted by Crippen LogP contribution is 2.14. The highest BCUT2D eigenvalue weighted by Gasteiger charge is 1.95. The van der Waals surface area contributed by atoms with Crippen LogP contribution in [0.2, 0.25) is 0 Å². The average molecular weight is 309 g/mol. The van der Waals surface area contributed by atoms with E-state index in [9.17, 15) is 0 Å². The molecule has 0 saturated carbocycles. The Hall–Kier alpha value is -0.220. The third kappa shape index (κ3) is 4.00. The number of hydrogen-bond donors (Lipinski definition) is 0. The quantitative estimate of drug-likeness (QED) is 0.470. The number of alkyl halides is 1. The van der Waals surface area contributed by atoms with Gasteiger partial charge in [0.1, 0.15) is 12.4 Å². The molecule has 1 nitrogen and oxygen atoms in total. The predicted molar refractivity (Wildman–Crippen MR) is 64.5 cm³/mol. The summed E-state index contributed by atoms with van der Waals surface area (Å²) in [5.41, 5.74) is 0.889. The second-order valence-corrected chi connectivity index (χ2v) is 4.14. The summed E-state index contributed by atoms with van der Waals surface area (Å²) < 4.78 is 6.62. The van der Waals surface area contributed by atoms with Crippen molar-refractivity contribution in [1.82, 2.24) is 0 Å². The van der Waals surface area contributed by atoms with Crippen molar-refractivity contribution in [2.75, 3.05) is 12.5 Å². The number of halogens is 2. The van der Waals surface area contributed by atoms with E-state index in [-0.39, 0.29) is 0 Å². The van der Waals surface area contributed by atoms with Crippen LogP contribution in [0.4, 0.5) is 0 Å². The lowest BCUT2D eigenvalue weighted by molar-refractivity contribution is 0.353. The van der Waals surface area contributed by atoms with Crippen LogP contribution in [0.25, 0.3) is 0 Å². The fraction of sp³-hybridized carbons (Fsp3) is 0.200. The summed E-state index contributed by atoms with van der Waals surface area (Å²) >= 11 is 7.81. The molecule has 0 aliphatic carbocycles. The number of rotatable bonds is 4. The summed E-state index contributed by atoms with van der Waals surface area (Å²) in [5, 5.41) is 0. The van der Waals surface area contributed by atoms with E-state index in [0.29, 0.717) is 12.5 Å². The Labute approximate surface area is 96.9 Å². The van der Waals surface area contributed by atoms with E-state index in [1.165, 1.54) is 3.57 Å². The van der Waals surface area contributed by atoms with Gasteiger partial charge in [-0.15, -0.1) is 11.6 Å². The van der Waals surface area contributed by atoms with Gasteiger partial charge >= 0.3 is 0 Å². The Bertz CT molecular complexity index is 281. The molecule has 3 heteroatoms. The summed E-state index contributed by atoms with van der Waals surface area (Å²) in [6.45, 7) is 4.24. The highest BCUT2D eigenvalue weighted by molar-refractivity contribution is 14.1. The van der Waals surface area contributed by atoms with E-state index in [2.05, 4.69) is 29.2 Å². The van der Waals surface area contributed by atoms with Crippen molar-refractivity contribution < 1.29 is 4.74 Å². The van der Waals surface area contributed by atoms with Crippen LogP contribution in [0.1, 0.15) is 0 Å². The van der Waals surface area contributed by atoms with Crippen LogP contribution in [0.3, 0.4) is 0 Å². The molecule has 0 amide bonds. The molecule has 13 heavy (non-hydrogen) atoms. The Morgan fingerprint density at radius 3 is 2.54 bits per heavy atom. The summed E-state index contributed by atoms with van der Waals surface area (Å²) in [6, 6.07) is 7.87. The van der Waals surface area contributed by atoms with Crippen molar-refractivity contribution in [2.24, 2.45) is 0 Å². The van der Waals surface area contributed by atoms with E-state index in [1.54, 1.807) is 0 Å². The smallest absolute Gasteiger partial charge is 0.119 e. The molecular weight excluding hydrogens is 298 g/mol. The molecule has 0 fully saturated rings. The molecule has 0 radical (unpaired) electrons. The number of ether oxygens (including phenoxy) is 1. The average Bonchev–Trinajstić information content (AvgIpc) is 2.16. The number of hydrogen-bond acceptors (Lipinski definition) is 1. The molecule has 0 aliphatic heterocycles. The van der Waals surface area contributed by atoms with Crippen molar-refractivity contribution >= 4 is 34.2 Å². The van der Waals surface area contributed by atoms with Crippen LogP contribution in [-0.2, 0) is 0 Å². The van der Waals surface area contributed by atoms with Gasteiger partial charge in [0.05, 0.1) is 0 Å². The molecule has 0 heterocycles. The lowest BCUT2D eigenvalue weighted by atomic mass is 10.3. The third-order valence-electron chi connectivity index (χ3n) is 1.45. The maximum absolute atomic E-state index is 5.56. The summed E-state index contributed by atoms with van der Waals surface area (Å²) in [5.74, 6) is 1.30. The van der Waals surface area contributed by atoms with E-state index in [0.717, 1.165) is 11.3 Å². The minimum atomic E-state index is 0.449. The Balaban J connectivity index is 2.46. The predicted octanol–water partition coefficient (Wildman–Crippen LogP) is 3.47. The first-order valence-electron chi connectivity index (χ1n) is 3.83. The van der Waals surface area contributed by atoms with Gasteiger partial charge in [0.15, 0.2) is 0 Å². The van der Waals surface area contributed by atoms with Gasteiger partial charge in [0.25, 0.3) is 0 Å². The summed E-state index contributed by atoms with van der Waals surface area (Å²) in [7, 11) is 0. The SMILES string of the molecule is C=C(CCl)COc1ccc(I)cc1. The highest BCUT2D eigenvalue weighted by atomic mass is 127. The Kier molecular flexibility index (Phi) is 4.59. The lowest BCUT2D eigenvalue weighted by Gasteiger charge is -2.05. The van der Waals surface area contributed by atoms with Gasteiger partial charge in [-0.2, -0.15) is 0 Å². The fourth-order valence-electron chi connectivity index (χ4n) is 0.755. The first-order chi connectivity index (χ1) is 6.22. The molecule has 1 aromatic carbocycles. The molecule has 0 bridgehead atoms. The monoisotopic (exact) mass is 308 g/mol. The van der Waals surface area contributed by atoms with Crippen molar-refractivity contribution in [3.05, 3.63) is 40.0 Å². The van der Waals surface area contributed by atoms with Crippen LogP contribution in [-0.4, -0.2) is 12.5 Å². The standard InChI is InChI=1S/C10H10ClIO/c1-8(6-11)7-13-10-4-2-9(12)3-5-10/h2-5H,1,6-7H2. The third-order valence-corrected chi connectivity index (χ3v) is 2.54. The first kappa shape index (κ1) is 10.9. The van der Waals surface area contributed by atoms with Gasteiger partial charge in [-0.05, 0) is 52.4 Å². The molecule has 0 N–H and O–H groups in total. The van der Waals surface area contributed by atoms with Gasteiger partial charge in [0.2, 0.25) is 0 Å². The zero-order valence-corrected chi connectivity index (χ0v) is 10.0. The van der Waals surface area contributed by atoms with Crippen LogP contribution < -0.4 is 4.74 Å². The van der Waals surface area contributed by atoms with Crippen LogP contribution in [0.15, 0.2) is 36.4 Å². The molecule has 0 aliphatic rings. The largest absolute Gasteiger partial charge is 0.489 e. The molecule has 70 valence electrons. The molecule has 0 spiro atoms. The second-order valence-electron chi connectivity index (χ2n) is 2.63. The minimum absolute atomic E-state index is 0.449. The van der Waals surface area contributed by atoms with E-state index in [1.807, 2.05) is 24.3 Å². The molecule has 0 saturated heterocycles. The van der Waals surface area contributed by atoms with Gasteiger partial charge in [-0.3, -0.25) is 0 Å². The van der Waals surface area contributed by atoms with Crippen LogP contribution >= 0.6 is 34.2 Å². The van der Waals surface area contributed by atoms with E-state index >= 15 is 0 Å². The summed E-state index contributed by atoms with van der Waals surface area (Å²) in [4.78, 5) is 0. The van der Waals surface area contributed by atoms with Crippen molar-refractivity contribution in [1.29, 1.82) is 0 Å². The zero-order chi connectivity index (χ0) is 9.68. The Morgan fingerprint density at radius 2 is 2.00 bits per heavy atom. The molecule has 0 atom stereocenters. The van der Waals surface area contributed by atoms with Gasteiger partial charge in [-0.25, -0.2) is 0 Å². The minimum Gasteiger partial charge on any atom is -0.489 e. The van der Waals surface area contributed by atoms with Gasteiger partial charge in [-0.1, -0.05) is 6.58 Å². The van der Waals surface area contributed by atoms with Crippen molar-refractivity contribution in [2.45, 2.75) is 0 Å². The van der Waals surface area contributed by atoms with Gasteiger partial charge in [0, 0.05) is 9.45 Å². The molecule has 1 rings (SSSR count). The molecule has 1 aromatic rings. The Morgan fingerprint density at radius 1 is 1.38 bits per heavy atom. The fourth-order valence-corrected chi connectivity index (χ4v) is 1.19. The normalized spacial score (nSPS) is 9.69. The summed E-state index contributed by atoms with van der Waals surface area (Å²) in [6.07, 6.45) is 0. The van der Waals surface area contributed by atoms with Gasteiger partial charge < -0.3 is 4.74 Å². The zero-order valence-electron chi connectivity index (χ0n) is 7.09. The number of benzene rings is 1. The molecular formula is C10H10ClIO. The molecule has 0 aromatic heterocycles.